The maximum Gasteiger partial charge on any atom is 0.318 e. The van der Waals surface area contributed by atoms with E-state index in [1.807, 2.05) is 20.8 Å². The van der Waals surface area contributed by atoms with Gasteiger partial charge in [-0.25, -0.2) is 9.18 Å². The number of nitrogens with one attached hydrogen (secondary N) is 1. The highest BCUT2D eigenvalue weighted by Gasteiger charge is 2.40. The molecule has 1 aliphatic heterocycles. The Balaban J connectivity index is 1.72. The number of hydrogen-bond donors (Lipinski definition) is 1. The molecular formula is C19H26FN3O2. The average molecular weight is 347 g/mol. The maximum atomic E-state index is 14.1. The first-order valence-electron chi connectivity index (χ1n) is 9.04. The Morgan fingerprint density at radius 3 is 2.48 bits per heavy atom. The fourth-order valence-electron chi connectivity index (χ4n) is 3.55. The van der Waals surface area contributed by atoms with E-state index in [4.69, 9.17) is 0 Å². The van der Waals surface area contributed by atoms with Gasteiger partial charge >= 0.3 is 6.03 Å². The molecule has 3 rings (SSSR count). The Kier molecular flexibility index (Phi) is 4.97. The topological polar surface area (TPSA) is 52.7 Å². The summed E-state index contributed by atoms with van der Waals surface area (Å²) in [6.07, 6.45) is 2.46. The Labute approximate surface area is 148 Å². The number of amides is 3. The van der Waals surface area contributed by atoms with Crippen LogP contribution in [0.4, 0.5) is 9.18 Å². The van der Waals surface area contributed by atoms with Gasteiger partial charge in [0, 0.05) is 24.2 Å². The second-order valence-electron chi connectivity index (χ2n) is 7.25. The third-order valence-electron chi connectivity index (χ3n) is 5.11. The molecule has 0 aromatic heterocycles. The van der Waals surface area contributed by atoms with Crippen LogP contribution in [-0.4, -0.2) is 46.4 Å². The second kappa shape index (κ2) is 7.02. The quantitative estimate of drug-likeness (QED) is 0.890. The molecule has 1 N–H and O–H groups in total. The van der Waals surface area contributed by atoms with Gasteiger partial charge in [-0.3, -0.25) is 4.79 Å². The molecule has 25 heavy (non-hydrogen) atoms. The van der Waals surface area contributed by atoms with Crippen LogP contribution in [0.25, 0.3) is 0 Å². The van der Waals surface area contributed by atoms with E-state index < -0.39 is 6.04 Å². The molecule has 5 nitrogen and oxygen atoms in total. The van der Waals surface area contributed by atoms with Crippen molar-refractivity contribution in [1.82, 2.24) is 15.1 Å². The number of likely N-dealkylation sites (tertiary alicyclic amines) is 1. The Hall–Kier alpha value is -2.11. The van der Waals surface area contributed by atoms with Crippen LogP contribution in [0.2, 0.25) is 0 Å². The first-order chi connectivity index (χ1) is 11.9. The van der Waals surface area contributed by atoms with Gasteiger partial charge in [0.1, 0.15) is 11.9 Å². The van der Waals surface area contributed by atoms with E-state index in [0.29, 0.717) is 18.5 Å². The van der Waals surface area contributed by atoms with E-state index in [9.17, 15) is 14.0 Å². The van der Waals surface area contributed by atoms with Gasteiger partial charge in [0.2, 0.25) is 5.91 Å². The minimum Gasteiger partial charge on any atom is -0.338 e. The van der Waals surface area contributed by atoms with Crippen molar-refractivity contribution in [1.29, 1.82) is 0 Å². The van der Waals surface area contributed by atoms with Crippen molar-refractivity contribution < 1.29 is 14.0 Å². The summed E-state index contributed by atoms with van der Waals surface area (Å²) in [6, 6.07) is 5.67. The van der Waals surface area contributed by atoms with Crippen molar-refractivity contribution >= 4 is 11.9 Å². The first kappa shape index (κ1) is 17.7. The van der Waals surface area contributed by atoms with E-state index in [1.165, 1.54) is 6.07 Å². The lowest BCUT2D eigenvalue weighted by Crippen LogP contribution is -2.50. The summed E-state index contributed by atoms with van der Waals surface area (Å²) < 4.78 is 14.1. The predicted octanol–water partition coefficient (Wildman–Crippen LogP) is 3.07. The normalized spacial score (nSPS) is 21.6. The van der Waals surface area contributed by atoms with Crippen LogP contribution in [0, 0.1) is 5.82 Å². The van der Waals surface area contributed by atoms with Crippen molar-refractivity contribution in [3.63, 3.8) is 0 Å². The number of urea groups is 1. The molecule has 0 unspecified atom stereocenters. The predicted molar refractivity (Wildman–Crippen MR) is 93.5 cm³/mol. The van der Waals surface area contributed by atoms with Gasteiger partial charge in [-0.1, -0.05) is 18.2 Å². The van der Waals surface area contributed by atoms with Crippen LogP contribution in [0.5, 0.6) is 0 Å². The number of rotatable bonds is 5. The SMILES string of the molecule is CC(C)N1CC[C@H](NC(=O)N(C2CC2)[C@@H](C)c2ccccc2F)C1=O. The van der Waals surface area contributed by atoms with Crippen molar-refractivity contribution in [2.24, 2.45) is 0 Å². The summed E-state index contributed by atoms with van der Waals surface area (Å²) in [5.41, 5.74) is 0.506. The molecule has 1 saturated heterocycles. The van der Waals surface area contributed by atoms with Gasteiger partial charge < -0.3 is 15.1 Å². The molecule has 2 atom stereocenters. The molecule has 0 bridgehead atoms. The molecule has 0 radical (unpaired) electrons. The summed E-state index contributed by atoms with van der Waals surface area (Å²) in [4.78, 5) is 28.8. The van der Waals surface area contributed by atoms with Crippen LogP contribution in [0.1, 0.15) is 51.6 Å². The van der Waals surface area contributed by atoms with Crippen LogP contribution in [0.3, 0.4) is 0 Å². The third kappa shape index (κ3) is 3.62. The molecule has 3 amide bonds. The zero-order valence-electron chi connectivity index (χ0n) is 15.0. The molecule has 1 aromatic rings. The highest BCUT2D eigenvalue weighted by atomic mass is 19.1. The summed E-state index contributed by atoms with van der Waals surface area (Å²) in [5.74, 6) is -0.339. The highest BCUT2D eigenvalue weighted by molar-refractivity contribution is 5.89. The minimum absolute atomic E-state index is 0.0300. The van der Waals surface area contributed by atoms with Crippen LogP contribution < -0.4 is 5.32 Å². The zero-order valence-corrected chi connectivity index (χ0v) is 15.0. The van der Waals surface area contributed by atoms with Crippen molar-refractivity contribution in [2.45, 2.75) is 64.2 Å². The lowest BCUT2D eigenvalue weighted by atomic mass is 10.1. The number of hydrogen-bond acceptors (Lipinski definition) is 2. The van der Waals surface area contributed by atoms with E-state index in [0.717, 1.165) is 12.8 Å². The number of halogens is 1. The fraction of sp³-hybridized carbons (Fsp3) is 0.579. The lowest BCUT2D eigenvalue weighted by Gasteiger charge is -2.31. The Morgan fingerprint density at radius 1 is 1.24 bits per heavy atom. The molecule has 2 aliphatic rings. The molecule has 0 spiro atoms. The number of benzene rings is 1. The molecule has 2 fully saturated rings. The third-order valence-corrected chi connectivity index (χ3v) is 5.11. The zero-order chi connectivity index (χ0) is 18.1. The molecule has 1 aromatic carbocycles. The highest BCUT2D eigenvalue weighted by Crippen LogP contribution is 2.35. The van der Waals surface area contributed by atoms with Gasteiger partial charge in [0.05, 0.1) is 6.04 Å². The van der Waals surface area contributed by atoms with Crippen LogP contribution >= 0.6 is 0 Å². The second-order valence-corrected chi connectivity index (χ2v) is 7.25. The summed E-state index contributed by atoms with van der Waals surface area (Å²) in [6.45, 7) is 6.44. The summed E-state index contributed by atoms with van der Waals surface area (Å²) in [7, 11) is 0. The Morgan fingerprint density at radius 2 is 1.92 bits per heavy atom. The summed E-state index contributed by atoms with van der Waals surface area (Å²) >= 11 is 0. The van der Waals surface area contributed by atoms with Crippen molar-refractivity contribution in [3.8, 4) is 0 Å². The largest absolute Gasteiger partial charge is 0.338 e. The van der Waals surface area contributed by atoms with E-state index in [2.05, 4.69) is 5.32 Å². The van der Waals surface area contributed by atoms with Crippen molar-refractivity contribution in [3.05, 3.63) is 35.6 Å². The molecular weight excluding hydrogens is 321 g/mol. The standard InChI is InChI=1S/C19H26FN3O2/c1-12(2)22-11-10-17(18(22)24)21-19(25)23(14-8-9-14)13(3)15-6-4-5-7-16(15)20/h4-7,12-14,17H,8-11H2,1-3H3,(H,21,25)/t13-,17-/m0/s1. The van der Waals surface area contributed by atoms with E-state index >= 15 is 0 Å². The molecule has 1 aliphatic carbocycles. The van der Waals surface area contributed by atoms with E-state index in [-0.39, 0.29) is 35.9 Å². The maximum absolute atomic E-state index is 14.1. The van der Waals surface area contributed by atoms with Gasteiger partial charge in [-0.2, -0.15) is 0 Å². The van der Waals surface area contributed by atoms with Gasteiger partial charge in [-0.05, 0) is 46.1 Å². The first-order valence-corrected chi connectivity index (χ1v) is 9.04. The van der Waals surface area contributed by atoms with Crippen molar-refractivity contribution in [2.75, 3.05) is 6.54 Å². The molecule has 1 saturated carbocycles. The lowest BCUT2D eigenvalue weighted by molar-refractivity contribution is -0.130. The molecule has 136 valence electrons. The van der Waals surface area contributed by atoms with Crippen LogP contribution in [-0.2, 0) is 4.79 Å². The minimum atomic E-state index is -0.482. The average Bonchev–Trinajstić information content (AvgIpc) is 3.32. The van der Waals surface area contributed by atoms with E-state index in [1.54, 1.807) is 28.0 Å². The monoisotopic (exact) mass is 347 g/mol. The summed E-state index contributed by atoms with van der Waals surface area (Å²) in [5, 5.41) is 2.88. The fourth-order valence-corrected chi connectivity index (χ4v) is 3.55. The molecule has 1 heterocycles. The van der Waals surface area contributed by atoms with Gasteiger partial charge in [0.25, 0.3) is 0 Å². The van der Waals surface area contributed by atoms with Gasteiger partial charge in [0.15, 0.2) is 0 Å². The van der Waals surface area contributed by atoms with Crippen LogP contribution in [0.15, 0.2) is 24.3 Å². The number of nitrogens with zero attached hydrogens (tertiary/aromatic N) is 2. The number of carbonyl (C=O) groups is 2. The smallest absolute Gasteiger partial charge is 0.318 e. The molecule has 6 heteroatoms. The Bertz CT molecular complexity index is 660. The number of carbonyl (C=O) groups excluding carboxylic acids is 2. The van der Waals surface area contributed by atoms with Gasteiger partial charge in [-0.15, -0.1) is 0 Å².